The van der Waals surface area contributed by atoms with Crippen molar-refractivity contribution >= 4 is 34.8 Å². The molecule has 3 N–H and O–H groups in total. The van der Waals surface area contributed by atoms with Crippen LogP contribution in [-0.4, -0.2) is 43.3 Å². The van der Waals surface area contributed by atoms with Gasteiger partial charge >= 0.3 is 0 Å². The van der Waals surface area contributed by atoms with Gasteiger partial charge in [-0.3, -0.25) is 14.9 Å². The third kappa shape index (κ3) is 7.52. The number of carbonyl (C=O) groups excluding carboxylic acids is 2. The van der Waals surface area contributed by atoms with Crippen LogP contribution in [0, 0.1) is 0 Å². The van der Waals surface area contributed by atoms with Crippen molar-refractivity contribution in [3.8, 4) is 5.75 Å². The molecule has 0 atom stereocenters. The average molecular weight is 416 g/mol. The number of rotatable bonds is 9. The van der Waals surface area contributed by atoms with Crippen LogP contribution in [0.2, 0.25) is 0 Å². The van der Waals surface area contributed by atoms with E-state index in [1.54, 1.807) is 48.5 Å². The van der Waals surface area contributed by atoms with Crippen molar-refractivity contribution in [1.82, 2.24) is 10.6 Å². The Balaban J connectivity index is 1.88. The van der Waals surface area contributed by atoms with E-state index in [2.05, 4.69) is 16.0 Å². The van der Waals surface area contributed by atoms with Crippen molar-refractivity contribution in [3.05, 3.63) is 59.7 Å². The second-order valence-corrected chi connectivity index (χ2v) is 6.33. The number of hydrogen-bond acceptors (Lipinski definition) is 5. The van der Waals surface area contributed by atoms with E-state index >= 15 is 0 Å². The molecule has 0 aliphatic carbocycles. The molecule has 154 valence electrons. The smallest absolute Gasteiger partial charge is 0.257 e. The molecule has 2 aromatic carbocycles. The standard InChI is InChI=1S/C21H25N3O4S/c1-3-22-19(25)15-8-10-17(11-9-15)23-21(29)24-20(26)16-6-5-7-18(14-16)28-13-12-27-4-2/h5-11,14H,3-4,12-13H2,1-2H3,(H,22,25)(H2,23,24,26,29). The number of carbonyl (C=O) groups is 2. The molecule has 0 fully saturated rings. The number of thiocarbonyl (C=S) groups is 1. The maximum Gasteiger partial charge on any atom is 0.257 e. The van der Waals surface area contributed by atoms with E-state index in [4.69, 9.17) is 21.7 Å². The summed E-state index contributed by atoms with van der Waals surface area (Å²) in [6.07, 6.45) is 0. The van der Waals surface area contributed by atoms with Gasteiger partial charge < -0.3 is 20.1 Å². The molecule has 2 aromatic rings. The van der Waals surface area contributed by atoms with Gasteiger partial charge in [-0.15, -0.1) is 0 Å². The summed E-state index contributed by atoms with van der Waals surface area (Å²) in [7, 11) is 0. The molecule has 0 saturated heterocycles. The van der Waals surface area contributed by atoms with Crippen LogP contribution < -0.4 is 20.7 Å². The van der Waals surface area contributed by atoms with Crippen molar-refractivity contribution in [2.24, 2.45) is 0 Å². The zero-order valence-corrected chi connectivity index (χ0v) is 17.3. The van der Waals surface area contributed by atoms with Crippen LogP contribution >= 0.6 is 12.2 Å². The quantitative estimate of drug-likeness (QED) is 0.431. The first-order valence-electron chi connectivity index (χ1n) is 9.34. The molecule has 29 heavy (non-hydrogen) atoms. The molecule has 0 saturated carbocycles. The second-order valence-electron chi connectivity index (χ2n) is 5.92. The molecule has 2 rings (SSSR count). The fourth-order valence-corrected chi connectivity index (χ4v) is 2.61. The van der Waals surface area contributed by atoms with Gasteiger partial charge in [-0.2, -0.15) is 0 Å². The van der Waals surface area contributed by atoms with Gasteiger partial charge in [0.25, 0.3) is 11.8 Å². The van der Waals surface area contributed by atoms with Gasteiger partial charge in [0.15, 0.2) is 5.11 Å². The zero-order chi connectivity index (χ0) is 21.1. The van der Waals surface area contributed by atoms with E-state index in [9.17, 15) is 9.59 Å². The lowest BCUT2D eigenvalue weighted by Crippen LogP contribution is -2.34. The van der Waals surface area contributed by atoms with Crippen LogP contribution in [0.1, 0.15) is 34.6 Å². The number of amides is 2. The van der Waals surface area contributed by atoms with E-state index in [0.717, 1.165) is 0 Å². The van der Waals surface area contributed by atoms with Gasteiger partial charge in [0.05, 0.1) is 6.61 Å². The molecular formula is C21H25N3O4S. The predicted molar refractivity (Wildman–Crippen MR) is 117 cm³/mol. The number of benzene rings is 2. The van der Waals surface area contributed by atoms with Crippen molar-refractivity contribution in [2.45, 2.75) is 13.8 Å². The van der Waals surface area contributed by atoms with Gasteiger partial charge in [0, 0.05) is 30.0 Å². The average Bonchev–Trinajstić information content (AvgIpc) is 2.72. The maximum absolute atomic E-state index is 12.4. The van der Waals surface area contributed by atoms with Gasteiger partial charge in [-0.1, -0.05) is 6.07 Å². The summed E-state index contributed by atoms with van der Waals surface area (Å²) in [4.78, 5) is 24.2. The summed E-state index contributed by atoms with van der Waals surface area (Å²) in [5, 5.41) is 8.44. The largest absolute Gasteiger partial charge is 0.491 e. The summed E-state index contributed by atoms with van der Waals surface area (Å²) < 4.78 is 10.8. The van der Waals surface area contributed by atoms with E-state index in [1.165, 1.54) is 0 Å². The lowest BCUT2D eigenvalue weighted by atomic mass is 10.2. The van der Waals surface area contributed by atoms with Crippen LogP contribution in [-0.2, 0) is 4.74 Å². The summed E-state index contributed by atoms with van der Waals surface area (Å²) in [5.74, 6) is 0.0900. The Morgan fingerprint density at radius 2 is 1.72 bits per heavy atom. The number of hydrogen-bond donors (Lipinski definition) is 3. The summed E-state index contributed by atoms with van der Waals surface area (Å²) in [5.41, 5.74) is 1.64. The molecular weight excluding hydrogens is 390 g/mol. The molecule has 0 unspecified atom stereocenters. The minimum atomic E-state index is -0.350. The minimum Gasteiger partial charge on any atom is -0.491 e. The van der Waals surface area contributed by atoms with Crippen LogP contribution in [0.15, 0.2) is 48.5 Å². The van der Waals surface area contributed by atoms with E-state index in [-0.39, 0.29) is 16.9 Å². The first kappa shape index (κ1) is 22.3. The second kappa shape index (κ2) is 11.8. The molecule has 0 heterocycles. The molecule has 0 spiro atoms. The summed E-state index contributed by atoms with van der Waals surface area (Å²) in [6.45, 7) is 5.86. The molecule has 8 heteroatoms. The monoisotopic (exact) mass is 415 g/mol. The van der Waals surface area contributed by atoms with Gasteiger partial charge in [-0.25, -0.2) is 0 Å². The maximum atomic E-state index is 12.4. The molecule has 7 nitrogen and oxygen atoms in total. The molecule has 0 bridgehead atoms. The first-order valence-corrected chi connectivity index (χ1v) is 9.75. The summed E-state index contributed by atoms with van der Waals surface area (Å²) in [6, 6.07) is 13.6. The normalized spacial score (nSPS) is 10.1. The van der Waals surface area contributed by atoms with Gasteiger partial charge in [-0.05, 0) is 68.5 Å². The highest BCUT2D eigenvalue weighted by Crippen LogP contribution is 2.14. The number of ether oxygens (including phenoxy) is 2. The molecule has 0 aliphatic heterocycles. The highest BCUT2D eigenvalue weighted by atomic mass is 32.1. The zero-order valence-electron chi connectivity index (χ0n) is 16.5. The highest BCUT2D eigenvalue weighted by Gasteiger charge is 2.10. The van der Waals surface area contributed by atoms with Crippen molar-refractivity contribution in [1.29, 1.82) is 0 Å². The van der Waals surface area contributed by atoms with E-state index in [0.29, 0.717) is 48.9 Å². The Morgan fingerprint density at radius 1 is 0.966 bits per heavy atom. The lowest BCUT2D eigenvalue weighted by Gasteiger charge is -2.11. The minimum absolute atomic E-state index is 0.140. The lowest BCUT2D eigenvalue weighted by molar-refractivity contribution is 0.0953. The SMILES string of the molecule is CCNC(=O)c1ccc(NC(=S)NC(=O)c2cccc(OCCOCC)c2)cc1. The fraction of sp³-hybridized carbons (Fsp3) is 0.286. The van der Waals surface area contributed by atoms with Crippen molar-refractivity contribution in [3.63, 3.8) is 0 Å². The first-order chi connectivity index (χ1) is 14.0. The number of nitrogens with one attached hydrogen (secondary N) is 3. The third-order valence-electron chi connectivity index (χ3n) is 3.77. The van der Waals surface area contributed by atoms with E-state index in [1.807, 2.05) is 13.8 Å². The van der Waals surface area contributed by atoms with Crippen LogP contribution in [0.3, 0.4) is 0 Å². The van der Waals surface area contributed by atoms with E-state index < -0.39 is 0 Å². The molecule has 0 radical (unpaired) electrons. The predicted octanol–water partition coefficient (Wildman–Crippen LogP) is 2.98. The van der Waals surface area contributed by atoms with Gasteiger partial charge in [0.1, 0.15) is 12.4 Å². The Labute approximate surface area is 175 Å². The molecule has 0 aromatic heterocycles. The third-order valence-corrected chi connectivity index (χ3v) is 3.97. The van der Waals surface area contributed by atoms with Crippen molar-refractivity contribution in [2.75, 3.05) is 31.7 Å². The Kier molecular flexibility index (Phi) is 9.07. The van der Waals surface area contributed by atoms with Crippen LogP contribution in [0.4, 0.5) is 5.69 Å². The molecule has 0 aliphatic rings. The van der Waals surface area contributed by atoms with Gasteiger partial charge in [0.2, 0.25) is 0 Å². The van der Waals surface area contributed by atoms with Crippen molar-refractivity contribution < 1.29 is 19.1 Å². The highest BCUT2D eigenvalue weighted by molar-refractivity contribution is 7.80. The number of anilines is 1. The van der Waals surface area contributed by atoms with Crippen LogP contribution in [0.25, 0.3) is 0 Å². The Hall–Kier alpha value is -2.97. The summed E-state index contributed by atoms with van der Waals surface area (Å²) >= 11 is 5.20. The topological polar surface area (TPSA) is 88.7 Å². The Bertz CT molecular complexity index is 840. The fourth-order valence-electron chi connectivity index (χ4n) is 2.40. The molecule has 2 amide bonds. The Morgan fingerprint density at radius 3 is 2.41 bits per heavy atom. The van der Waals surface area contributed by atoms with Crippen LogP contribution in [0.5, 0.6) is 5.75 Å².